The first-order valence-electron chi connectivity index (χ1n) is 8.74. The first-order chi connectivity index (χ1) is 14.3. The maximum absolute atomic E-state index is 13.0. The van der Waals surface area contributed by atoms with Crippen LogP contribution in [0, 0.1) is 6.92 Å². The van der Waals surface area contributed by atoms with Gasteiger partial charge in [-0.2, -0.15) is 23.4 Å². The number of benzene rings is 1. The number of nitrogens with zero attached hydrogens (tertiary/aromatic N) is 5. The molecule has 0 fully saturated rings. The highest BCUT2D eigenvalue weighted by molar-refractivity contribution is 7.15. The van der Waals surface area contributed by atoms with E-state index in [0.717, 1.165) is 11.9 Å². The molecule has 0 spiro atoms. The lowest BCUT2D eigenvalue weighted by atomic mass is 10.1. The minimum Gasteiger partial charge on any atom is -0.494 e. The van der Waals surface area contributed by atoms with Crippen molar-refractivity contribution in [2.45, 2.75) is 19.6 Å². The van der Waals surface area contributed by atoms with Crippen molar-refractivity contribution in [3.05, 3.63) is 53.1 Å². The Bertz CT molecular complexity index is 1190. The molecule has 11 heteroatoms. The van der Waals surface area contributed by atoms with Crippen molar-refractivity contribution in [2.75, 3.05) is 12.4 Å². The van der Waals surface area contributed by atoms with E-state index in [1.54, 1.807) is 12.1 Å². The summed E-state index contributed by atoms with van der Waals surface area (Å²) in [4.78, 5) is 11.7. The van der Waals surface area contributed by atoms with Crippen LogP contribution in [-0.4, -0.2) is 32.3 Å². The van der Waals surface area contributed by atoms with Crippen molar-refractivity contribution in [3.63, 3.8) is 0 Å². The highest BCUT2D eigenvalue weighted by atomic mass is 32.1. The third kappa shape index (κ3) is 4.01. The van der Waals surface area contributed by atoms with Crippen molar-refractivity contribution in [3.8, 4) is 16.3 Å². The van der Waals surface area contributed by atoms with Crippen molar-refractivity contribution in [1.29, 1.82) is 0 Å². The Morgan fingerprint density at radius 2 is 1.93 bits per heavy atom. The fourth-order valence-corrected chi connectivity index (χ4v) is 3.56. The van der Waals surface area contributed by atoms with Crippen LogP contribution in [0.3, 0.4) is 0 Å². The number of hydrogen-bond donors (Lipinski definition) is 1. The molecule has 0 amide bonds. The quantitative estimate of drug-likeness (QED) is 0.497. The third-order valence-electron chi connectivity index (χ3n) is 4.25. The number of thiazole rings is 1. The summed E-state index contributed by atoms with van der Waals surface area (Å²) in [6.07, 6.45) is -2.23. The van der Waals surface area contributed by atoms with Gasteiger partial charge in [-0.1, -0.05) is 0 Å². The summed E-state index contributed by atoms with van der Waals surface area (Å²) in [5.41, 5.74) is 2.53. The molecule has 0 radical (unpaired) electrons. The van der Waals surface area contributed by atoms with Gasteiger partial charge < -0.3 is 10.1 Å². The molecule has 4 aromatic rings. The summed E-state index contributed by atoms with van der Waals surface area (Å²) in [7, 11) is 1.47. The second-order valence-corrected chi connectivity index (χ2v) is 7.37. The van der Waals surface area contributed by atoms with Crippen LogP contribution in [0.5, 0.6) is 5.75 Å². The van der Waals surface area contributed by atoms with E-state index in [-0.39, 0.29) is 5.01 Å². The number of fused-ring (bicyclic) bond motifs is 1. The molecular formula is C19H15F3N6OS. The SMILES string of the molecule is COc1cc(-c2ncc(C(F)(F)F)s2)cc2c(NCc3ccc(C)nn3)ncnc12. The van der Waals surface area contributed by atoms with Gasteiger partial charge in [0.2, 0.25) is 0 Å². The lowest BCUT2D eigenvalue weighted by Gasteiger charge is -2.11. The number of methoxy groups -OCH3 is 1. The smallest absolute Gasteiger partial charge is 0.427 e. The van der Waals surface area contributed by atoms with Gasteiger partial charge in [0, 0.05) is 10.9 Å². The minimum absolute atomic E-state index is 0.224. The average molecular weight is 432 g/mol. The van der Waals surface area contributed by atoms with E-state index in [1.807, 2.05) is 19.1 Å². The molecule has 1 N–H and O–H groups in total. The molecular weight excluding hydrogens is 417 g/mol. The van der Waals surface area contributed by atoms with Crippen LogP contribution in [0.1, 0.15) is 16.3 Å². The maximum atomic E-state index is 13.0. The zero-order valence-electron chi connectivity index (χ0n) is 15.9. The number of hydrogen-bond acceptors (Lipinski definition) is 8. The maximum Gasteiger partial charge on any atom is 0.427 e. The van der Waals surface area contributed by atoms with E-state index in [1.165, 1.54) is 13.4 Å². The summed E-state index contributed by atoms with van der Waals surface area (Å²) >= 11 is 0.567. The number of aryl methyl sites for hydroxylation is 1. The number of rotatable bonds is 5. The summed E-state index contributed by atoms with van der Waals surface area (Å²) < 4.78 is 44.3. The van der Waals surface area contributed by atoms with Crippen LogP contribution < -0.4 is 10.1 Å². The van der Waals surface area contributed by atoms with E-state index in [2.05, 4.69) is 30.5 Å². The first-order valence-corrected chi connectivity index (χ1v) is 9.56. The van der Waals surface area contributed by atoms with E-state index >= 15 is 0 Å². The van der Waals surface area contributed by atoms with Crippen molar-refractivity contribution in [2.24, 2.45) is 0 Å². The average Bonchev–Trinajstić information content (AvgIpc) is 3.23. The highest BCUT2D eigenvalue weighted by Gasteiger charge is 2.33. The third-order valence-corrected chi connectivity index (χ3v) is 5.34. The topological polar surface area (TPSA) is 85.7 Å². The van der Waals surface area contributed by atoms with Gasteiger partial charge in [0.25, 0.3) is 0 Å². The first kappa shape index (κ1) is 20.0. The summed E-state index contributed by atoms with van der Waals surface area (Å²) in [6, 6.07) is 7.01. The fourth-order valence-electron chi connectivity index (χ4n) is 2.79. The van der Waals surface area contributed by atoms with Crippen molar-refractivity contribution >= 4 is 28.1 Å². The molecule has 0 aliphatic rings. The van der Waals surface area contributed by atoms with Gasteiger partial charge in [0.05, 0.1) is 31.2 Å². The Morgan fingerprint density at radius 3 is 2.60 bits per heavy atom. The van der Waals surface area contributed by atoms with E-state index < -0.39 is 11.1 Å². The van der Waals surface area contributed by atoms with Gasteiger partial charge in [0.1, 0.15) is 33.3 Å². The molecule has 30 heavy (non-hydrogen) atoms. The summed E-state index contributed by atoms with van der Waals surface area (Å²) in [5.74, 6) is 0.905. The van der Waals surface area contributed by atoms with Gasteiger partial charge in [-0.05, 0) is 31.2 Å². The van der Waals surface area contributed by atoms with Crippen LogP contribution in [0.25, 0.3) is 21.5 Å². The lowest BCUT2D eigenvalue weighted by molar-refractivity contribution is -0.134. The second kappa shape index (κ2) is 7.82. The minimum atomic E-state index is -4.44. The predicted octanol–water partition coefficient (Wildman–Crippen LogP) is 4.49. The zero-order valence-corrected chi connectivity index (χ0v) is 16.7. The molecule has 0 unspecified atom stereocenters. The van der Waals surface area contributed by atoms with Crippen LogP contribution in [0.2, 0.25) is 0 Å². The normalized spacial score (nSPS) is 11.6. The number of ether oxygens (including phenoxy) is 1. The summed E-state index contributed by atoms with van der Waals surface area (Å²) in [5, 5.41) is 12.1. The number of aromatic nitrogens is 5. The van der Waals surface area contributed by atoms with E-state index in [0.29, 0.717) is 51.6 Å². The molecule has 3 heterocycles. The molecule has 7 nitrogen and oxygen atoms in total. The van der Waals surface area contributed by atoms with Crippen LogP contribution in [-0.2, 0) is 12.7 Å². The zero-order chi connectivity index (χ0) is 21.3. The molecule has 0 aliphatic carbocycles. The van der Waals surface area contributed by atoms with Crippen LogP contribution in [0.15, 0.2) is 36.8 Å². The standard InChI is InChI=1S/C19H15F3N6OS/c1-10-3-4-12(28-27-10)7-23-17-13-5-11(6-14(29-2)16(13)25-9-26-17)18-24-8-15(30-18)19(20,21)22/h3-6,8-9H,7H2,1-2H3,(H,23,25,26). The van der Waals surface area contributed by atoms with Crippen LogP contribution in [0.4, 0.5) is 19.0 Å². The molecule has 0 aliphatic heterocycles. The summed E-state index contributed by atoms with van der Waals surface area (Å²) in [6.45, 7) is 2.21. The van der Waals surface area contributed by atoms with Gasteiger partial charge in [-0.25, -0.2) is 15.0 Å². The number of alkyl halides is 3. The second-order valence-electron chi connectivity index (χ2n) is 6.34. The van der Waals surface area contributed by atoms with Crippen LogP contribution >= 0.6 is 11.3 Å². The number of halogens is 3. The molecule has 4 rings (SSSR count). The Balaban J connectivity index is 1.74. The number of nitrogens with one attached hydrogen (secondary N) is 1. The van der Waals surface area contributed by atoms with Gasteiger partial charge in [0.15, 0.2) is 0 Å². The monoisotopic (exact) mass is 432 g/mol. The predicted molar refractivity (Wildman–Crippen MR) is 106 cm³/mol. The molecule has 0 bridgehead atoms. The molecule has 0 saturated carbocycles. The Labute approximate surface area is 173 Å². The Hall–Kier alpha value is -3.34. The fraction of sp³-hybridized carbons (Fsp3) is 0.211. The Kier molecular flexibility index (Phi) is 5.20. The molecule has 154 valence electrons. The van der Waals surface area contributed by atoms with Gasteiger partial charge >= 0.3 is 6.18 Å². The molecule has 3 aromatic heterocycles. The van der Waals surface area contributed by atoms with Crippen molar-refractivity contribution < 1.29 is 17.9 Å². The highest BCUT2D eigenvalue weighted by Crippen LogP contribution is 2.39. The number of anilines is 1. The van der Waals surface area contributed by atoms with E-state index in [4.69, 9.17) is 4.74 Å². The Morgan fingerprint density at radius 1 is 1.10 bits per heavy atom. The van der Waals surface area contributed by atoms with Gasteiger partial charge in [-0.3, -0.25) is 0 Å². The molecule has 1 aromatic carbocycles. The van der Waals surface area contributed by atoms with Crippen molar-refractivity contribution in [1.82, 2.24) is 25.1 Å². The van der Waals surface area contributed by atoms with Gasteiger partial charge in [-0.15, -0.1) is 11.3 Å². The molecule has 0 atom stereocenters. The van der Waals surface area contributed by atoms with E-state index in [9.17, 15) is 13.2 Å². The largest absolute Gasteiger partial charge is 0.494 e. The molecule has 0 saturated heterocycles. The lowest BCUT2D eigenvalue weighted by Crippen LogP contribution is -2.05.